The van der Waals surface area contributed by atoms with Crippen LogP contribution >= 0.6 is 12.6 Å². The zero-order chi connectivity index (χ0) is 8.27. The second-order valence-corrected chi connectivity index (χ2v) is 2.78. The van der Waals surface area contributed by atoms with Gasteiger partial charge in [0.2, 0.25) is 0 Å². The first-order chi connectivity index (χ1) is 5.27. The summed E-state index contributed by atoms with van der Waals surface area (Å²) >= 11 is 4.18. The molecular weight excluding hydrogens is 156 g/mol. The van der Waals surface area contributed by atoms with Gasteiger partial charge in [0, 0.05) is 5.75 Å². The van der Waals surface area contributed by atoms with E-state index in [2.05, 4.69) is 18.7 Å². The third-order valence-corrected chi connectivity index (χ3v) is 2.01. The van der Waals surface area contributed by atoms with Gasteiger partial charge in [-0.05, 0) is 24.1 Å². The van der Waals surface area contributed by atoms with Crippen LogP contribution in [0, 0.1) is 6.92 Å². The van der Waals surface area contributed by atoms with Crippen molar-refractivity contribution in [1.29, 1.82) is 0 Å². The molecule has 0 unspecified atom stereocenters. The van der Waals surface area contributed by atoms with E-state index in [9.17, 15) is 0 Å². The topological polar surface area (TPSA) is 9.23 Å². The van der Waals surface area contributed by atoms with Crippen LogP contribution in [0.25, 0.3) is 0 Å². The van der Waals surface area contributed by atoms with Gasteiger partial charge in [-0.3, -0.25) is 0 Å². The third-order valence-electron chi connectivity index (χ3n) is 1.64. The molecule has 0 radical (unpaired) electrons. The van der Waals surface area contributed by atoms with Crippen LogP contribution in [0.1, 0.15) is 11.1 Å². The van der Waals surface area contributed by atoms with E-state index in [1.165, 1.54) is 11.1 Å². The molecule has 60 valence electrons. The van der Waals surface area contributed by atoms with Crippen molar-refractivity contribution >= 4 is 12.6 Å². The highest BCUT2D eigenvalue weighted by Gasteiger charge is 1.97. The van der Waals surface area contributed by atoms with Crippen LogP contribution in [-0.4, -0.2) is 7.11 Å². The lowest BCUT2D eigenvalue weighted by Crippen LogP contribution is -1.87. The third kappa shape index (κ3) is 1.90. The monoisotopic (exact) mass is 168 g/mol. The molecule has 0 aliphatic carbocycles. The van der Waals surface area contributed by atoms with Crippen LogP contribution < -0.4 is 4.74 Å². The van der Waals surface area contributed by atoms with E-state index in [-0.39, 0.29) is 0 Å². The zero-order valence-corrected chi connectivity index (χ0v) is 7.69. The van der Waals surface area contributed by atoms with E-state index < -0.39 is 0 Å². The molecule has 1 aromatic carbocycles. The summed E-state index contributed by atoms with van der Waals surface area (Å²) in [5.74, 6) is 1.72. The van der Waals surface area contributed by atoms with Crippen molar-refractivity contribution in [2.45, 2.75) is 12.7 Å². The average molecular weight is 168 g/mol. The Balaban J connectivity index is 2.99. The summed E-state index contributed by atoms with van der Waals surface area (Å²) in [6, 6.07) is 6.09. The first-order valence-electron chi connectivity index (χ1n) is 3.52. The number of hydrogen-bond acceptors (Lipinski definition) is 2. The number of hydrogen-bond donors (Lipinski definition) is 1. The van der Waals surface area contributed by atoms with E-state index >= 15 is 0 Å². The fourth-order valence-electron chi connectivity index (χ4n) is 1.04. The Kier molecular flexibility index (Phi) is 2.83. The molecule has 1 aromatic rings. The highest BCUT2D eigenvalue weighted by molar-refractivity contribution is 7.79. The molecule has 11 heavy (non-hydrogen) atoms. The fraction of sp³-hybridized carbons (Fsp3) is 0.333. The first kappa shape index (κ1) is 8.47. The zero-order valence-electron chi connectivity index (χ0n) is 6.79. The Bertz CT molecular complexity index is 245. The standard InChI is InChI=1S/C9H12OS/c1-7-5-8(6-11)3-4-9(7)10-2/h3-5,11H,6H2,1-2H3. The number of thiol groups is 1. The highest BCUT2D eigenvalue weighted by atomic mass is 32.1. The molecule has 0 aromatic heterocycles. The van der Waals surface area contributed by atoms with Gasteiger partial charge >= 0.3 is 0 Å². The molecule has 1 nitrogen and oxygen atoms in total. The smallest absolute Gasteiger partial charge is 0.121 e. The predicted octanol–water partition coefficient (Wildman–Crippen LogP) is 2.43. The van der Waals surface area contributed by atoms with E-state index in [4.69, 9.17) is 4.74 Å². The molecule has 0 fully saturated rings. The normalized spacial score (nSPS) is 9.73. The Morgan fingerprint density at radius 2 is 2.18 bits per heavy atom. The number of methoxy groups -OCH3 is 1. The molecule has 0 N–H and O–H groups in total. The Morgan fingerprint density at radius 3 is 2.64 bits per heavy atom. The maximum atomic E-state index is 5.12. The summed E-state index contributed by atoms with van der Waals surface area (Å²) in [4.78, 5) is 0. The minimum atomic E-state index is 0.783. The molecule has 0 amide bonds. The number of aryl methyl sites for hydroxylation is 1. The van der Waals surface area contributed by atoms with Crippen molar-refractivity contribution in [3.8, 4) is 5.75 Å². The van der Waals surface area contributed by atoms with Crippen molar-refractivity contribution in [2.24, 2.45) is 0 Å². The second-order valence-electron chi connectivity index (χ2n) is 2.46. The predicted molar refractivity (Wildman–Crippen MR) is 50.4 cm³/mol. The van der Waals surface area contributed by atoms with Gasteiger partial charge in [-0.1, -0.05) is 12.1 Å². The second kappa shape index (κ2) is 3.67. The molecule has 0 aliphatic heterocycles. The van der Waals surface area contributed by atoms with E-state index in [1.807, 2.05) is 19.1 Å². The lowest BCUT2D eigenvalue weighted by molar-refractivity contribution is 0.411. The summed E-state index contributed by atoms with van der Waals surface area (Å²) in [7, 11) is 1.68. The maximum Gasteiger partial charge on any atom is 0.121 e. The van der Waals surface area contributed by atoms with Crippen molar-refractivity contribution in [1.82, 2.24) is 0 Å². The van der Waals surface area contributed by atoms with Crippen LogP contribution in [0.5, 0.6) is 5.75 Å². The molecular formula is C9H12OS. The molecule has 0 aliphatic rings. The summed E-state index contributed by atoms with van der Waals surface area (Å²) < 4.78 is 5.12. The van der Waals surface area contributed by atoms with Crippen LogP contribution in [0.4, 0.5) is 0 Å². The Hall–Kier alpha value is -0.630. The van der Waals surface area contributed by atoms with Gasteiger partial charge in [0.1, 0.15) is 5.75 Å². The molecule has 0 heterocycles. The lowest BCUT2D eigenvalue weighted by atomic mass is 10.1. The minimum absolute atomic E-state index is 0.783. The van der Waals surface area contributed by atoms with Gasteiger partial charge in [0.15, 0.2) is 0 Å². The lowest BCUT2D eigenvalue weighted by Gasteiger charge is -2.04. The molecule has 1 rings (SSSR count). The van der Waals surface area contributed by atoms with Crippen molar-refractivity contribution < 1.29 is 4.74 Å². The van der Waals surface area contributed by atoms with Crippen LogP contribution in [0.15, 0.2) is 18.2 Å². The van der Waals surface area contributed by atoms with Gasteiger partial charge in [-0.15, -0.1) is 0 Å². The SMILES string of the molecule is COc1ccc(CS)cc1C. The highest BCUT2D eigenvalue weighted by Crippen LogP contribution is 2.18. The van der Waals surface area contributed by atoms with Crippen molar-refractivity contribution in [3.63, 3.8) is 0 Å². The fourth-order valence-corrected chi connectivity index (χ4v) is 1.24. The van der Waals surface area contributed by atoms with E-state index in [0.717, 1.165) is 11.5 Å². The van der Waals surface area contributed by atoms with Crippen LogP contribution in [0.2, 0.25) is 0 Å². The molecule has 0 saturated carbocycles. The van der Waals surface area contributed by atoms with Gasteiger partial charge in [0.25, 0.3) is 0 Å². The number of rotatable bonds is 2. The molecule has 2 heteroatoms. The van der Waals surface area contributed by atoms with Crippen molar-refractivity contribution in [2.75, 3.05) is 7.11 Å². The first-order valence-corrected chi connectivity index (χ1v) is 4.15. The summed E-state index contributed by atoms with van der Waals surface area (Å²) in [5, 5.41) is 0. The average Bonchev–Trinajstić information content (AvgIpc) is 2.04. The molecule has 0 saturated heterocycles. The maximum absolute atomic E-state index is 5.12. The largest absolute Gasteiger partial charge is 0.496 e. The minimum Gasteiger partial charge on any atom is -0.496 e. The van der Waals surface area contributed by atoms with Gasteiger partial charge in [-0.2, -0.15) is 12.6 Å². The van der Waals surface area contributed by atoms with E-state index in [1.54, 1.807) is 7.11 Å². The summed E-state index contributed by atoms with van der Waals surface area (Å²) in [6.45, 7) is 2.03. The van der Waals surface area contributed by atoms with Crippen LogP contribution in [0.3, 0.4) is 0 Å². The molecule has 0 atom stereocenters. The number of ether oxygens (including phenoxy) is 1. The van der Waals surface area contributed by atoms with Gasteiger partial charge in [-0.25, -0.2) is 0 Å². The number of benzene rings is 1. The van der Waals surface area contributed by atoms with Crippen molar-refractivity contribution in [3.05, 3.63) is 29.3 Å². The molecule has 0 spiro atoms. The van der Waals surface area contributed by atoms with Gasteiger partial charge in [0.05, 0.1) is 7.11 Å². The quantitative estimate of drug-likeness (QED) is 0.667. The summed E-state index contributed by atoms with van der Waals surface area (Å²) in [6.07, 6.45) is 0. The van der Waals surface area contributed by atoms with E-state index in [0.29, 0.717) is 0 Å². The molecule has 0 bridgehead atoms. The summed E-state index contributed by atoms with van der Waals surface area (Å²) in [5.41, 5.74) is 2.39. The Labute approximate surface area is 72.8 Å². The Morgan fingerprint density at radius 1 is 1.45 bits per heavy atom. The van der Waals surface area contributed by atoms with Gasteiger partial charge < -0.3 is 4.74 Å². The van der Waals surface area contributed by atoms with Crippen LogP contribution in [-0.2, 0) is 5.75 Å².